The van der Waals surface area contributed by atoms with Gasteiger partial charge < -0.3 is 9.14 Å². The molecule has 0 fully saturated rings. The fourth-order valence-corrected chi connectivity index (χ4v) is 3.42. The van der Waals surface area contributed by atoms with Crippen molar-refractivity contribution in [3.05, 3.63) is 90.3 Å². The highest BCUT2D eigenvalue weighted by atomic mass is 19.3. The smallest absolute Gasteiger partial charge is 0.387 e. The van der Waals surface area contributed by atoms with Gasteiger partial charge in [0.15, 0.2) is 0 Å². The van der Waals surface area contributed by atoms with Gasteiger partial charge in [0.1, 0.15) is 11.4 Å². The number of ether oxygens (including phenoxy) is 1. The second-order valence-electron chi connectivity index (χ2n) is 6.90. The summed E-state index contributed by atoms with van der Waals surface area (Å²) in [5.74, 6) is 0.166. The van der Waals surface area contributed by atoms with E-state index in [1.807, 2.05) is 49.6 Å². The number of rotatable bonds is 7. The van der Waals surface area contributed by atoms with Gasteiger partial charge in [-0.05, 0) is 36.9 Å². The normalized spacial score (nSPS) is 11.5. The zero-order valence-corrected chi connectivity index (χ0v) is 16.0. The van der Waals surface area contributed by atoms with Crippen molar-refractivity contribution in [3.8, 4) is 17.0 Å². The monoisotopic (exact) mass is 393 g/mol. The van der Waals surface area contributed by atoms with Crippen LogP contribution in [0.25, 0.3) is 16.9 Å². The Morgan fingerprint density at radius 2 is 1.66 bits per heavy atom. The lowest BCUT2D eigenvalue weighted by atomic mass is 10.1. The van der Waals surface area contributed by atoms with Crippen LogP contribution >= 0.6 is 0 Å². The topological polar surface area (TPSA) is 29.8 Å². The molecule has 4 rings (SSSR count). The van der Waals surface area contributed by atoms with Crippen molar-refractivity contribution in [1.82, 2.24) is 14.3 Å². The largest absolute Gasteiger partial charge is 0.435 e. The Morgan fingerprint density at radius 1 is 0.931 bits per heavy atom. The first-order chi connectivity index (χ1) is 14.1. The minimum absolute atomic E-state index is 0.166. The third-order valence-electron chi connectivity index (χ3n) is 4.70. The lowest BCUT2D eigenvalue weighted by molar-refractivity contribution is -0.0498. The van der Waals surface area contributed by atoms with Crippen molar-refractivity contribution in [3.63, 3.8) is 0 Å². The SMILES string of the molecule is CN(Cc1ccc(OC(F)F)cc1)Cc1c(-c2ccccc2)nc2ccccn12. The number of aromatic nitrogens is 2. The summed E-state index contributed by atoms with van der Waals surface area (Å²) in [6.07, 6.45) is 2.02. The number of nitrogens with zero attached hydrogens (tertiary/aromatic N) is 3. The summed E-state index contributed by atoms with van der Waals surface area (Å²) in [7, 11) is 2.03. The van der Waals surface area contributed by atoms with Crippen LogP contribution in [0.3, 0.4) is 0 Å². The molecular weight excluding hydrogens is 372 g/mol. The number of hydrogen-bond acceptors (Lipinski definition) is 3. The minimum atomic E-state index is -2.81. The summed E-state index contributed by atoms with van der Waals surface area (Å²) in [5.41, 5.74) is 5.07. The molecule has 6 heteroatoms. The van der Waals surface area contributed by atoms with E-state index in [2.05, 4.69) is 26.2 Å². The van der Waals surface area contributed by atoms with Crippen molar-refractivity contribution >= 4 is 5.65 Å². The summed E-state index contributed by atoms with van der Waals surface area (Å²) in [6, 6.07) is 22.9. The number of imidazole rings is 1. The zero-order valence-electron chi connectivity index (χ0n) is 16.0. The zero-order chi connectivity index (χ0) is 20.2. The van der Waals surface area contributed by atoms with E-state index in [-0.39, 0.29) is 5.75 Å². The third kappa shape index (κ3) is 4.43. The van der Waals surface area contributed by atoms with Gasteiger partial charge in [0.25, 0.3) is 0 Å². The Morgan fingerprint density at radius 3 is 2.38 bits per heavy atom. The molecule has 2 heterocycles. The minimum Gasteiger partial charge on any atom is -0.435 e. The van der Waals surface area contributed by atoms with Crippen LogP contribution in [0.4, 0.5) is 8.78 Å². The molecular formula is C23H21F2N3O. The second-order valence-corrected chi connectivity index (χ2v) is 6.90. The average Bonchev–Trinajstić information content (AvgIpc) is 3.08. The molecule has 0 saturated heterocycles. The van der Waals surface area contributed by atoms with Crippen molar-refractivity contribution in [1.29, 1.82) is 0 Å². The summed E-state index contributed by atoms with van der Waals surface area (Å²) in [4.78, 5) is 7.00. The van der Waals surface area contributed by atoms with Gasteiger partial charge in [-0.25, -0.2) is 4.98 Å². The van der Waals surface area contributed by atoms with Crippen molar-refractivity contribution in [2.45, 2.75) is 19.7 Å². The van der Waals surface area contributed by atoms with Crippen LogP contribution < -0.4 is 4.74 Å². The Labute approximate surface area is 168 Å². The van der Waals surface area contributed by atoms with Gasteiger partial charge in [0.05, 0.1) is 11.4 Å². The summed E-state index contributed by atoms with van der Waals surface area (Å²) < 4.78 is 31.1. The van der Waals surface area contributed by atoms with Gasteiger partial charge in [0.2, 0.25) is 0 Å². The number of benzene rings is 2. The average molecular weight is 393 g/mol. The van der Waals surface area contributed by atoms with Crippen LogP contribution in [0.1, 0.15) is 11.3 Å². The van der Waals surface area contributed by atoms with Crippen LogP contribution in [0.5, 0.6) is 5.75 Å². The number of alkyl halides is 2. The Hall–Kier alpha value is -3.25. The molecule has 2 aromatic carbocycles. The summed E-state index contributed by atoms with van der Waals surface area (Å²) >= 11 is 0. The predicted molar refractivity (Wildman–Crippen MR) is 109 cm³/mol. The standard InChI is InChI=1S/C23H21F2N3O/c1-27(15-17-10-12-19(13-11-17)29-23(24)25)16-20-22(18-7-3-2-4-8-18)26-21-9-5-6-14-28(20)21/h2-14,23H,15-16H2,1H3. The predicted octanol–water partition coefficient (Wildman–Crippen LogP) is 5.23. The van der Waals surface area contributed by atoms with Gasteiger partial charge >= 0.3 is 6.61 Å². The first kappa shape index (κ1) is 19.1. The van der Waals surface area contributed by atoms with Crippen molar-refractivity contribution in [2.75, 3.05) is 7.05 Å². The van der Waals surface area contributed by atoms with E-state index in [1.165, 1.54) is 0 Å². The van der Waals surface area contributed by atoms with E-state index < -0.39 is 6.61 Å². The summed E-state index contributed by atoms with van der Waals surface area (Å²) in [5, 5.41) is 0. The van der Waals surface area contributed by atoms with Gasteiger partial charge in [-0.3, -0.25) is 4.90 Å². The molecule has 0 radical (unpaired) electrons. The maximum Gasteiger partial charge on any atom is 0.387 e. The molecule has 0 aliphatic carbocycles. The van der Waals surface area contributed by atoms with Crippen LogP contribution in [0, 0.1) is 0 Å². The molecule has 0 spiro atoms. The molecule has 0 aliphatic rings. The highest BCUT2D eigenvalue weighted by molar-refractivity contribution is 5.66. The molecule has 0 bridgehead atoms. The van der Waals surface area contributed by atoms with E-state index >= 15 is 0 Å². The first-order valence-corrected chi connectivity index (χ1v) is 9.34. The van der Waals surface area contributed by atoms with E-state index in [0.29, 0.717) is 13.1 Å². The Balaban J connectivity index is 1.57. The van der Waals surface area contributed by atoms with Gasteiger partial charge in [-0.2, -0.15) is 8.78 Å². The molecule has 4 nitrogen and oxygen atoms in total. The van der Waals surface area contributed by atoms with Gasteiger partial charge in [-0.15, -0.1) is 0 Å². The molecule has 0 atom stereocenters. The Kier molecular flexibility index (Phi) is 5.53. The molecule has 0 aliphatic heterocycles. The van der Waals surface area contributed by atoms with Crippen LogP contribution in [0.2, 0.25) is 0 Å². The molecule has 29 heavy (non-hydrogen) atoms. The maximum atomic E-state index is 12.3. The molecule has 4 aromatic rings. The van der Waals surface area contributed by atoms with Crippen LogP contribution in [-0.4, -0.2) is 27.9 Å². The lowest BCUT2D eigenvalue weighted by Crippen LogP contribution is -2.18. The molecule has 0 saturated carbocycles. The Bertz CT molecular complexity index is 1080. The van der Waals surface area contributed by atoms with Gasteiger partial charge in [0, 0.05) is 24.8 Å². The maximum absolute atomic E-state index is 12.3. The molecule has 2 aromatic heterocycles. The number of fused-ring (bicyclic) bond motifs is 1. The molecule has 0 amide bonds. The van der Waals surface area contributed by atoms with Crippen LogP contribution in [-0.2, 0) is 13.1 Å². The molecule has 0 unspecified atom stereocenters. The highest BCUT2D eigenvalue weighted by Gasteiger charge is 2.15. The van der Waals surface area contributed by atoms with E-state index in [9.17, 15) is 8.78 Å². The number of pyridine rings is 1. The highest BCUT2D eigenvalue weighted by Crippen LogP contribution is 2.26. The van der Waals surface area contributed by atoms with E-state index in [1.54, 1.807) is 24.3 Å². The van der Waals surface area contributed by atoms with Gasteiger partial charge in [-0.1, -0.05) is 48.5 Å². The number of halogens is 2. The number of hydrogen-bond donors (Lipinski definition) is 0. The van der Waals surface area contributed by atoms with E-state index in [4.69, 9.17) is 4.98 Å². The van der Waals surface area contributed by atoms with E-state index in [0.717, 1.165) is 28.2 Å². The fraction of sp³-hybridized carbons (Fsp3) is 0.174. The lowest BCUT2D eigenvalue weighted by Gasteiger charge is -2.18. The second kappa shape index (κ2) is 8.41. The fourth-order valence-electron chi connectivity index (χ4n) is 3.42. The summed E-state index contributed by atoms with van der Waals surface area (Å²) in [6.45, 7) is -1.46. The van der Waals surface area contributed by atoms with Crippen molar-refractivity contribution in [2.24, 2.45) is 0 Å². The van der Waals surface area contributed by atoms with Crippen LogP contribution in [0.15, 0.2) is 79.0 Å². The molecule has 148 valence electrons. The molecule has 0 N–H and O–H groups in total. The first-order valence-electron chi connectivity index (χ1n) is 9.34. The van der Waals surface area contributed by atoms with Crippen molar-refractivity contribution < 1.29 is 13.5 Å². The quantitative estimate of drug-likeness (QED) is 0.430. The third-order valence-corrected chi connectivity index (χ3v) is 4.70.